The minimum atomic E-state index is -0.369. The van der Waals surface area contributed by atoms with Gasteiger partial charge in [-0.25, -0.2) is 9.36 Å². The Bertz CT molecular complexity index is 517. The number of hydrogen-bond acceptors (Lipinski definition) is 4. The SMILES string of the molecule is O=c1cc([O-])[n+](CCO)c2sccn12. The molecule has 0 radical (unpaired) electrons. The Morgan fingerprint density at radius 2 is 2.43 bits per heavy atom. The smallest absolute Gasteiger partial charge is 0.348 e. The molecular weight excluding hydrogens is 204 g/mol. The van der Waals surface area contributed by atoms with Crippen LogP contribution in [-0.4, -0.2) is 16.1 Å². The predicted molar refractivity (Wildman–Crippen MR) is 48.3 cm³/mol. The maximum Gasteiger partial charge on any atom is 0.348 e. The lowest BCUT2D eigenvalue weighted by atomic mass is 10.5. The van der Waals surface area contributed by atoms with Crippen LogP contribution in [0.4, 0.5) is 0 Å². The lowest BCUT2D eigenvalue weighted by Crippen LogP contribution is -2.42. The highest BCUT2D eigenvalue weighted by molar-refractivity contribution is 7.14. The van der Waals surface area contributed by atoms with E-state index in [1.807, 2.05) is 0 Å². The van der Waals surface area contributed by atoms with Gasteiger partial charge < -0.3 is 10.2 Å². The van der Waals surface area contributed by atoms with Gasteiger partial charge in [0.2, 0.25) is 0 Å². The zero-order valence-corrected chi connectivity index (χ0v) is 8.03. The lowest BCUT2D eigenvalue weighted by Gasteiger charge is -2.08. The van der Waals surface area contributed by atoms with E-state index in [2.05, 4.69) is 0 Å². The zero-order chi connectivity index (χ0) is 10.1. The van der Waals surface area contributed by atoms with Gasteiger partial charge in [-0.1, -0.05) is 11.3 Å². The third-order valence-corrected chi connectivity index (χ3v) is 2.78. The fourth-order valence-electron chi connectivity index (χ4n) is 1.29. The molecule has 0 unspecified atom stereocenters. The summed E-state index contributed by atoms with van der Waals surface area (Å²) in [6.45, 7) is 0.0921. The summed E-state index contributed by atoms with van der Waals surface area (Å²) in [6.07, 6.45) is 1.61. The van der Waals surface area contributed by atoms with Crippen molar-refractivity contribution in [3.8, 4) is 5.88 Å². The Labute approximate surface area is 83.1 Å². The van der Waals surface area contributed by atoms with Gasteiger partial charge in [0.25, 0.3) is 0 Å². The van der Waals surface area contributed by atoms with Crippen LogP contribution < -0.4 is 15.2 Å². The Morgan fingerprint density at radius 1 is 1.64 bits per heavy atom. The molecule has 2 aromatic rings. The van der Waals surface area contributed by atoms with Crippen LogP contribution in [0.1, 0.15) is 0 Å². The van der Waals surface area contributed by atoms with E-state index in [0.717, 1.165) is 6.07 Å². The van der Waals surface area contributed by atoms with E-state index in [9.17, 15) is 9.90 Å². The van der Waals surface area contributed by atoms with E-state index >= 15 is 0 Å². The van der Waals surface area contributed by atoms with E-state index in [1.165, 1.54) is 20.3 Å². The van der Waals surface area contributed by atoms with Crippen LogP contribution in [0.25, 0.3) is 4.96 Å². The molecule has 5 nitrogen and oxygen atoms in total. The third-order valence-electron chi connectivity index (χ3n) is 1.89. The summed E-state index contributed by atoms with van der Waals surface area (Å²) in [5.74, 6) is -0.369. The minimum absolute atomic E-state index is 0.119. The van der Waals surface area contributed by atoms with Gasteiger partial charge in [0.05, 0.1) is 18.6 Å². The number of aliphatic hydroxyl groups excluding tert-OH is 1. The minimum Gasteiger partial charge on any atom is -0.842 e. The van der Waals surface area contributed by atoms with Crippen molar-refractivity contribution in [1.29, 1.82) is 0 Å². The maximum absolute atomic E-state index is 11.4. The highest BCUT2D eigenvalue weighted by Gasteiger charge is 2.12. The van der Waals surface area contributed by atoms with Crippen molar-refractivity contribution < 1.29 is 14.8 Å². The second-order valence-electron chi connectivity index (χ2n) is 2.75. The third kappa shape index (κ3) is 1.28. The van der Waals surface area contributed by atoms with E-state index in [-0.39, 0.29) is 24.6 Å². The second kappa shape index (κ2) is 3.39. The number of nitrogens with zero attached hydrogens (tertiary/aromatic N) is 2. The zero-order valence-electron chi connectivity index (χ0n) is 7.21. The first kappa shape index (κ1) is 9.17. The summed E-state index contributed by atoms with van der Waals surface area (Å²) >= 11 is 1.30. The van der Waals surface area contributed by atoms with Crippen molar-refractivity contribution in [2.45, 2.75) is 6.54 Å². The molecular formula is C8H8N2O3S. The highest BCUT2D eigenvalue weighted by atomic mass is 32.1. The standard InChI is InChI=1S/C8H8N2O3S/c11-3-1-9-6(12)5-7(13)10-2-4-14-8(9)10/h2,4-5,11H,1,3H2. The Balaban J connectivity index is 2.79. The van der Waals surface area contributed by atoms with Crippen LogP contribution in [0.5, 0.6) is 5.88 Å². The molecule has 0 fully saturated rings. The molecule has 0 amide bonds. The molecule has 1 N–H and O–H groups in total. The van der Waals surface area contributed by atoms with Crippen molar-refractivity contribution in [2.75, 3.05) is 6.61 Å². The summed E-state index contributed by atoms with van der Waals surface area (Å²) < 4.78 is 2.77. The van der Waals surface area contributed by atoms with Crippen molar-refractivity contribution in [1.82, 2.24) is 4.40 Å². The molecule has 0 saturated heterocycles. The van der Waals surface area contributed by atoms with Gasteiger partial charge in [0, 0.05) is 5.38 Å². The van der Waals surface area contributed by atoms with Gasteiger partial charge in [-0.2, -0.15) is 4.40 Å². The van der Waals surface area contributed by atoms with E-state index < -0.39 is 0 Å². The number of aromatic nitrogens is 2. The van der Waals surface area contributed by atoms with E-state index in [1.54, 1.807) is 11.6 Å². The van der Waals surface area contributed by atoms with Gasteiger partial charge in [-0.3, -0.25) is 0 Å². The summed E-state index contributed by atoms with van der Waals surface area (Å²) in [4.78, 5) is 11.9. The summed E-state index contributed by atoms with van der Waals surface area (Å²) in [5, 5.41) is 21.9. The van der Waals surface area contributed by atoms with E-state index in [0.29, 0.717) is 4.96 Å². The van der Waals surface area contributed by atoms with Gasteiger partial charge in [0.1, 0.15) is 12.7 Å². The molecule has 2 rings (SSSR count). The van der Waals surface area contributed by atoms with Crippen LogP contribution >= 0.6 is 11.3 Å². The van der Waals surface area contributed by atoms with Crippen molar-refractivity contribution in [2.24, 2.45) is 0 Å². The van der Waals surface area contributed by atoms with Crippen LogP contribution in [0.15, 0.2) is 22.4 Å². The Kier molecular flexibility index (Phi) is 2.22. The molecule has 2 heterocycles. The topological polar surface area (TPSA) is 68.6 Å². The molecule has 6 heteroatoms. The predicted octanol–water partition coefficient (Wildman–Crippen LogP) is -1.29. The van der Waals surface area contributed by atoms with Crippen molar-refractivity contribution in [3.05, 3.63) is 28.0 Å². The highest BCUT2D eigenvalue weighted by Crippen LogP contribution is 2.06. The monoisotopic (exact) mass is 212 g/mol. The van der Waals surface area contributed by atoms with Gasteiger partial charge in [0.15, 0.2) is 0 Å². The summed E-state index contributed by atoms with van der Waals surface area (Å²) in [6, 6.07) is 1.02. The Hall–Kier alpha value is -1.40. The van der Waals surface area contributed by atoms with Gasteiger partial charge in [-0.15, -0.1) is 0 Å². The quantitative estimate of drug-likeness (QED) is 0.630. The summed E-state index contributed by atoms with van der Waals surface area (Å²) in [5.41, 5.74) is -0.333. The number of fused-ring (bicyclic) bond motifs is 1. The first-order valence-electron chi connectivity index (χ1n) is 4.04. The number of rotatable bonds is 2. The molecule has 0 saturated carbocycles. The second-order valence-corrected chi connectivity index (χ2v) is 3.62. The van der Waals surface area contributed by atoms with Crippen molar-refractivity contribution >= 4 is 16.3 Å². The molecule has 0 aliphatic heterocycles. The van der Waals surface area contributed by atoms with Gasteiger partial charge in [-0.05, 0) is 0 Å². The maximum atomic E-state index is 11.4. The molecule has 0 aliphatic carbocycles. The average molecular weight is 212 g/mol. The van der Waals surface area contributed by atoms with Gasteiger partial charge >= 0.3 is 10.5 Å². The first-order chi connectivity index (χ1) is 6.74. The van der Waals surface area contributed by atoms with Crippen LogP contribution in [0, 0.1) is 0 Å². The average Bonchev–Trinajstić information content (AvgIpc) is 2.60. The van der Waals surface area contributed by atoms with Crippen LogP contribution in [-0.2, 0) is 6.54 Å². The van der Waals surface area contributed by atoms with E-state index in [4.69, 9.17) is 5.11 Å². The molecule has 0 bridgehead atoms. The fraction of sp³-hybridized carbons (Fsp3) is 0.250. The molecule has 14 heavy (non-hydrogen) atoms. The number of thiazole rings is 1. The summed E-state index contributed by atoms with van der Waals surface area (Å²) in [7, 11) is 0. The largest absolute Gasteiger partial charge is 0.842 e. The molecule has 0 atom stereocenters. The molecule has 2 aromatic heterocycles. The fourth-order valence-corrected chi connectivity index (χ4v) is 2.16. The normalized spacial score (nSPS) is 10.9. The lowest BCUT2D eigenvalue weighted by molar-refractivity contribution is -0.715. The number of aliphatic hydroxyl groups is 1. The molecule has 74 valence electrons. The van der Waals surface area contributed by atoms with Crippen LogP contribution in [0.2, 0.25) is 0 Å². The molecule has 0 aromatic carbocycles. The number of hydrogen-bond donors (Lipinski definition) is 1. The molecule has 0 spiro atoms. The van der Waals surface area contributed by atoms with Crippen LogP contribution in [0.3, 0.4) is 0 Å². The van der Waals surface area contributed by atoms with Crippen molar-refractivity contribution in [3.63, 3.8) is 0 Å². The first-order valence-corrected chi connectivity index (χ1v) is 4.92. The molecule has 0 aliphatic rings. The Morgan fingerprint density at radius 3 is 3.14 bits per heavy atom.